The quantitative estimate of drug-likeness (QED) is 0.756. The second-order valence-electron chi connectivity index (χ2n) is 4.10. The molecule has 0 radical (unpaired) electrons. The highest BCUT2D eigenvalue weighted by Gasteiger charge is 2.35. The number of pyridine rings is 1. The smallest absolute Gasteiger partial charge is 0.419 e. The summed E-state index contributed by atoms with van der Waals surface area (Å²) in [6.07, 6.45) is -2.64. The first kappa shape index (κ1) is 16.3. The van der Waals surface area contributed by atoms with Crippen molar-refractivity contribution < 1.29 is 22.7 Å². The van der Waals surface area contributed by atoms with Crippen molar-refractivity contribution in [2.45, 2.75) is 26.4 Å². The lowest BCUT2D eigenvalue weighted by molar-refractivity contribution is -0.142. The highest BCUT2D eigenvalue weighted by atomic mass is 19.4. The van der Waals surface area contributed by atoms with Crippen molar-refractivity contribution in [1.82, 2.24) is 4.98 Å². The molecular weight excluding hydrogens is 273 g/mol. The van der Waals surface area contributed by atoms with Gasteiger partial charge in [-0.25, -0.2) is 4.98 Å². The molecule has 0 saturated carbocycles. The van der Waals surface area contributed by atoms with Crippen molar-refractivity contribution >= 4 is 11.8 Å². The van der Waals surface area contributed by atoms with Gasteiger partial charge in [0.2, 0.25) is 0 Å². The van der Waals surface area contributed by atoms with Gasteiger partial charge in [0.25, 0.3) is 0 Å². The summed E-state index contributed by atoms with van der Waals surface area (Å²) in [7, 11) is 0. The third-order valence-electron chi connectivity index (χ3n) is 2.51. The molecule has 0 aliphatic carbocycles. The van der Waals surface area contributed by atoms with E-state index < -0.39 is 17.7 Å². The Morgan fingerprint density at radius 2 is 2.10 bits per heavy atom. The molecule has 1 heterocycles. The maximum Gasteiger partial charge on any atom is 0.419 e. The molecule has 0 bridgehead atoms. The fourth-order valence-electron chi connectivity index (χ4n) is 1.76. The number of ether oxygens (including phenoxy) is 1. The maximum absolute atomic E-state index is 13.0. The lowest BCUT2D eigenvalue weighted by atomic mass is 10.2. The average Bonchev–Trinajstić information content (AvgIpc) is 2.37. The van der Waals surface area contributed by atoms with Crippen LogP contribution in [-0.2, 0) is 15.7 Å². The van der Waals surface area contributed by atoms with E-state index in [1.54, 1.807) is 6.92 Å². The number of carbonyl (C=O) groups is 1. The summed E-state index contributed by atoms with van der Waals surface area (Å²) in [5.74, 6) is -0.811. The molecule has 0 aliphatic heterocycles. The number of nitrogens with zero attached hydrogens (tertiary/aromatic N) is 2. The van der Waals surface area contributed by atoms with Crippen LogP contribution in [0.15, 0.2) is 18.3 Å². The van der Waals surface area contributed by atoms with E-state index >= 15 is 0 Å². The van der Waals surface area contributed by atoms with Crippen molar-refractivity contribution in [2.75, 3.05) is 24.6 Å². The molecule has 0 fully saturated rings. The molecular formula is C13H17F3N2O2. The van der Waals surface area contributed by atoms with Gasteiger partial charge in [0.15, 0.2) is 0 Å². The Labute approximate surface area is 115 Å². The van der Waals surface area contributed by atoms with Crippen LogP contribution < -0.4 is 4.90 Å². The number of esters is 1. The number of hydrogen-bond acceptors (Lipinski definition) is 4. The number of aromatic nitrogens is 1. The van der Waals surface area contributed by atoms with E-state index in [2.05, 4.69) is 4.98 Å². The SMILES string of the molecule is CCCN(CC(=O)OCC)c1ncccc1C(F)(F)F. The van der Waals surface area contributed by atoms with E-state index in [-0.39, 0.29) is 19.0 Å². The van der Waals surface area contributed by atoms with E-state index in [9.17, 15) is 18.0 Å². The van der Waals surface area contributed by atoms with Gasteiger partial charge in [-0.3, -0.25) is 4.79 Å². The van der Waals surface area contributed by atoms with Crippen LogP contribution >= 0.6 is 0 Å². The zero-order chi connectivity index (χ0) is 15.2. The number of anilines is 1. The summed E-state index contributed by atoms with van der Waals surface area (Å²) >= 11 is 0. The van der Waals surface area contributed by atoms with Crippen LogP contribution in [-0.4, -0.2) is 30.6 Å². The van der Waals surface area contributed by atoms with Crippen LogP contribution in [0, 0.1) is 0 Å². The van der Waals surface area contributed by atoms with E-state index in [4.69, 9.17) is 4.74 Å². The van der Waals surface area contributed by atoms with Gasteiger partial charge in [-0.05, 0) is 25.5 Å². The molecule has 1 aromatic rings. The van der Waals surface area contributed by atoms with Gasteiger partial charge in [-0.2, -0.15) is 13.2 Å². The predicted molar refractivity (Wildman–Crippen MR) is 68.4 cm³/mol. The van der Waals surface area contributed by atoms with Crippen molar-refractivity contribution in [3.8, 4) is 0 Å². The van der Waals surface area contributed by atoms with Crippen LogP contribution in [0.25, 0.3) is 0 Å². The minimum Gasteiger partial charge on any atom is -0.465 e. The molecule has 0 saturated heterocycles. The summed E-state index contributed by atoms with van der Waals surface area (Å²) in [5, 5.41) is 0. The third-order valence-corrected chi connectivity index (χ3v) is 2.51. The first-order chi connectivity index (χ1) is 9.40. The number of rotatable bonds is 6. The minimum absolute atomic E-state index is 0.188. The van der Waals surface area contributed by atoms with E-state index in [1.807, 2.05) is 6.92 Å². The first-order valence-electron chi connectivity index (χ1n) is 6.32. The highest BCUT2D eigenvalue weighted by molar-refractivity contribution is 5.75. The molecule has 0 aromatic carbocycles. The Bertz CT molecular complexity index is 449. The molecule has 1 rings (SSSR count). The fourth-order valence-corrected chi connectivity index (χ4v) is 1.76. The van der Waals surface area contributed by atoms with Gasteiger partial charge in [0, 0.05) is 12.7 Å². The second kappa shape index (κ2) is 7.12. The summed E-state index contributed by atoms with van der Waals surface area (Å²) in [5.41, 5.74) is -0.849. The topological polar surface area (TPSA) is 42.4 Å². The first-order valence-corrected chi connectivity index (χ1v) is 6.32. The van der Waals surface area contributed by atoms with Gasteiger partial charge >= 0.3 is 12.1 Å². The second-order valence-corrected chi connectivity index (χ2v) is 4.10. The summed E-state index contributed by atoms with van der Waals surface area (Å²) < 4.78 is 43.6. The molecule has 0 amide bonds. The number of alkyl halides is 3. The number of halogens is 3. The largest absolute Gasteiger partial charge is 0.465 e. The van der Waals surface area contributed by atoms with Crippen molar-refractivity contribution in [3.05, 3.63) is 23.9 Å². The monoisotopic (exact) mass is 290 g/mol. The molecule has 20 heavy (non-hydrogen) atoms. The Balaban J connectivity index is 3.05. The van der Waals surface area contributed by atoms with Crippen LogP contribution in [0.4, 0.5) is 19.0 Å². The molecule has 0 N–H and O–H groups in total. The number of hydrogen-bond donors (Lipinski definition) is 0. The zero-order valence-corrected chi connectivity index (χ0v) is 11.4. The Morgan fingerprint density at radius 3 is 2.65 bits per heavy atom. The third kappa shape index (κ3) is 4.40. The Kier molecular flexibility index (Phi) is 5.79. The average molecular weight is 290 g/mol. The van der Waals surface area contributed by atoms with Crippen molar-refractivity contribution in [3.63, 3.8) is 0 Å². The lowest BCUT2D eigenvalue weighted by Gasteiger charge is -2.25. The van der Waals surface area contributed by atoms with Crippen LogP contribution in [0.1, 0.15) is 25.8 Å². The Hall–Kier alpha value is -1.79. The molecule has 1 aromatic heterocycles. The van der Waals surface area contributed by atoms with E-state index in [0.717, 1.165) is 6.07 Å². The normalized spacial score (nSPS) is 11.2. The lowest BCUT2D eigenvalue weighted by Crippen LogP contribution is -2.34. The zero-order valence-electron chi connectivity index (χ0n) is 11.4. The van der Waals surface area contributed by atoms with Crippen LogP contribution in [0.3, 0.4) is 0 Å². The molecule has 112 valence electrons. The summed E-state index contributed by atoms with van der Waals surface area (Å²) in [6.45, 7) is 3.69. The van der Waals surface area contributed by atoms with E-state index in [1.165, 1.54) is 17.2 Å². The van der Waals surface area contributed by atoms with Crippen LogP contribution in [0.5, 0.6) is 0 Å². The highest BCUT2D eigenvalue weighted by Crippen LogP contribution is 2.35. The maximum atomic E-state index is 13.0. The Morgan fingerprint density at radius 1 is 1.40 bits per heavy atom. The number of carbonyl (C=O) groups excluding carboxylic acids is 1. The molecule has 0 unspecified atom stereocenters. The van der Waals surface area contributed by atoms with Crippen LogP contribution in [0.2, 0.25) is 0 Å². The van der Waals surface area contributed by atoms with E-state index in [0.29, 0.717) is 13.0 Å². The molecule has 0 aliphatic rings. The summed E-state index contributed by atoms with van der Waals surface area (Å²) in [4.78, 5) is 16.6. The van der Waals surface area contributed by atoms with Gasteiger partial charge in [-0.1, -0.05) is 6.92 Å². The molecule has 7 heteroatoms. The van der Waals surface area contributed by atoms with Gasteiger partial charge < -0.3 is 9.64 Å². The van der Waals surface area contributed by atoms with Crippen molar-refractivity contribution in [2.24, 2.45) is 0 Å². The van der Waals surface area contributed by atoms with Gasteiger partial charge in [0.05, 0.1) is 12.2 Å². The molecule has 4 nitrogen and oxygen atoms in total. The fraction of sp³-hybridized carbons (Fsp3) is 0.538. The standard InChI is InChI=1S/C13H17F3N2O2/c1-3-8-18(9-11(19)20-4-2)12-10(13(14,15)16)6-5-7-17-12/h5-7H,3-4,8-9H2,1-2H3. The molecule has 0 atom stereocenters. The summed E-state index contributed by atoms with van der Waals surface area (Å²) in [6, 6.07) is 2.18. The molecule has 0 spiro atoms. The van der Waals surface area contributed by atoms with Gasteiger partial charge in [-0.15, -0.1) is 0 Å². The predicted octanol–water partition coefficient (Wildman–Crippen LogP) is 2.88. The van der Waals surface area contributed by atoms with Gasteiger partial charge in [0.1, 0.15) is 12.4 Å². The minimum atomic E-state index is -4.51. The van der Waals surface area contributed by atoms with Crippen molar-refractivity contribution in [1.29, 1.82) is 0 Å².